The quantitative estimate of drug-likeness (QED) is 0.297. The van der Waals surface area contributed by atoms with Gasteiger partial charge in [-0.05, 0) is 44.5 Å². The second-order valence-corrected chi connectivity index (χ2v) is 8.82. The van der Waals surface area contributed by atoms with Crippen molar-refractivity contribution in [2.24, 2.45) is 0 Å². The Morgan fingerprint density at radius 1 is 1.19 bits per heavy atom. The third-order valence-electron chi connectivity index (χ3n) is 5.24. The third kappa shape index (κ3) is 4.48. The highest BCUT2D eigenvalue weighted by Crippen LogP contribution is 2.32. The van der Waals surface area contributed by atoms with Crippen molar-refractivity contribution < 1.29 is 4.79 Å². The Balaban J connectivity index is 1.72. The molecular weight excluding hydrogens is 418 g/mol. The van der Waals surface area contributed by atoms with Crippen LogP contribution in [0, 0.1) is 6.92 Å². The fourth-order valence-corrected chi connectivity index (χ4v) is 4.57. The molecule has 0 spiro atoms. The number of para-hydroxylation sites is 1. The van der Waals surface area contributed by atoms with Crippen molar-refractivity contribution in [1.82, 2.24) is 24.6 Å². The minimum Gasteiger partial charge on any atom is -0.360 e. The van der Waals surface area contributed by atoms with Crippen LogP contribution in [0.2, 0.25) is 0 Å². The highest BCUT2D eigenvalue weighted by Gasteiger charge is 2.21. The van der Waals surface area contributed by atoms with Crippen LogP contribution in [-0.2, 0) is 4.79 Å². The Bertz CT molecular complexity index is 1270. The lowest BCUT2D eigenvalue weighted by molar-refractivity contribution is -0.127. The van der Waals surface area contributed by atoms with Gasteiger partial charge >= 0.3 is 0 Å². The number of carbonyl (C=O) groups is 1. The zero-order chi connectivity index (χ0) is 22.7. The molecule has 0 saturated carbocycles. The van der Waals surface area contributed by atoms with E-state index in [9.17, 15) is 4.79 Å². The minimum atomic E-state index is 0.0629. The van der Waals surface area contributed by atoms with Gasteiger partial charge in [-0.3, -0.25) is 9.36 Å². The van der Waals surface area contributed by atoms with Gasteiger partial charge in [0, 0.05) is 41.4 Å². The zero-order valence-electron chi connectivity index (χ0n) is 18.6. The van der Waals surface area contributed by atoms with E-state index in [4.69, 9.17) is 0 Å². The van der Waals surface area contributed by atoms with Crippen molar-refractivity contribution in [3.8, 4) is 17.1 Å². The summed E-state index contributed by atoms with van der Waals surface area (Å²) in [5.74, 6) is 1.10. The van der Waals surface area contributed by atoms with Gasteiger partial charge in [-0.15, -0.1) is 10.2 Å². The largest absolute Gasteiger partial charge is 0.360 e. The van der Waals surface area contributed by atoms with Gasteiger partial charge in [0.15, 0.2) is 11.0 Å². The average Bonchev–Trinajstić information content (AvgIpc) is 3.39. The Kier molecular flexibility index (Phi) is 6.46. The normalized spacial score (nSPS) is 11.1. The van der Waals surface area contributed by atoms with Crippen molar-refractivity contribution in [2.75, 3.05) is 18.8 Å². The van der Waals surface area contributed by atoms with Crippen molar-refractivity contribution in [1.29, 1.82) is 0 Å². The smallest absolute Gasteiger partial charge is 0.233 e. The van der Waals surface area contributed by atoms with Crippen LogP contribution in [0.4, 0.5) is 0 Å². The number of amides is 1. The van der Waals surface area contributed by atoms with Crippen molar-refractivity contribution in [2.45, 2.75) is 25.9 Å². The average molecular weight is 446 g/mol. The predicted molar refractivity (Wildman–Crippen MR) is 131 cm³/mol. The number of H-pyrrole nitrogens is 1. The number of aromatic nitrogens is 4. The number of carbonyl (C=O) groups excluding carboxylic acids is 1. The number of fused-ring (bicyclic) bond motifs is 1. The van der Waals surface area contributed by atoms with E-state index in [1.54, 1.807) is 0 Å². The van der Waals surface area contributed by atoms with Crippen LogP contribution in [0.15, 0.2) is 72.0 Å². The molecule has 6 nitrogen and oxygen atoms in total. The number of aromatic amines is 1. The van der Waals surface area contributed by atoms with Gasteiger partial charge in [0.25, 0.3) is 0 Å². The van der Waals surface area contributed by atoms with Crippen molar-refractivity contribution in [3.63, 3.8) is 0 Å². The first-order chi connectivity index (χ1) is 15.5. The van der Waals surface area contributed by atoms with Crippen LogP contribution in [-0.4, -0.2) is 49.4 Å². The molecular formula is C25H27N5OS. The molecule has 0 aliphatic rings. The Morgan fingerprint density at radius 3 is 2.75 bits per heavy atom. The molecule has 2 aromatic carbocycles. The van der Waals surface area contributed by atoms with Gasteiger partial charge in [-0.1, -0.05) is 54.2 Å². The molecule has 0 saturated heterocycles. The van der Waals surface area contributed by atoms with Gasteiger partial charge in [-0.25, -0.2) is 0 Å². The van der Waals surface area contributed by atoms with Crippen LogP contribution < -0.4 is 0 Å². The van der Waals surface area contributed by atoms with Gasteiger partial charge in [-0.2, -0.15) is 0 Å². The molecule has 0 aliphatic carbocycles. The first-order valence-electron chi connectivity index (χ1n) is 10.6. The number of nitrogens with one attached hydrogen (secondary N) is 1. The number of hydrogen-bond acceptors (Lipinski definition) is 4. The highest BCUT2D eigenvalue weighted by molar-refractivity contribution is 7.99. The van der Waals surface area contributed by atoms with Crippen molar-refractivity contribution >= 4 is 28.6 Å². The molecule has 0 radical (unpaired) electrons. The summed E-state index contributed by atoms with van der Waals surface area (Å²) in [6.45, 7) is 11.1. The van der Waals surface area contributed by atoms with E-state index in [1.807, 2.05) is 59.8 Å². The van der Waals surface area contributed by atoms with E-state index >= 15 is 0 Å². The number of likely N-dealkylation sites (N-methyl/N-ethyl adjacent to an activating group) is 1. The van der Waals surface area contributed by atoms with E-state index in [0.29, 0.717) is 24.0 Å². The summed E-state index contributed by atoms with van der Waals surface area (Å²) in [5.41, 5.74) is 5.11. The molecule has 7 heteroatoms. The number of nitrogens with zero attached hydrogens (tertiary/aromatic N) is 4. The minimum absolute atomic E-state index is 0.0629. The van der Waals surface area contributed by atoms with E-state index in [2.05, 4.69) is 46.9 Å². The second-order valence-electron chi connectivity index (χ2n) is 7.88. The molecule has 32 heavy (non-hydrogen) atoms. The molecule has 1 N–H and O–H groups in total. The Hall–Kier alpha value is -3.32. The number of thioether (sulfide) groups is 1. The van der Waals surface area contributed by atoms with Crippen molar-refractivity contribution in [3.05, 3.63) is 72.4 Å². The summed E-state index contributed by atoms with van der Waals surface area (Å²) in [5, 5.41) is 10.8. The summed E-state index contributed by atoms with van der Waals surface area (Å²) in [6, 6.07) is 16.4. The summed E-state index contributed by atoms with van der Waals surface area (Å²) in [7, 11) is 0. The first-order valence-corrected chi connectivity index (χ1v) is 11.6. The Labute approximate surface area is 192 Å². The highest BCUT2D eigenvalue weighted by atomic mass is 32.2. The molecule has 0 unspecified atom stereocenters. The summed E-state index contributed by atoms with van der Waals surface area (Å²) >= 11 is 1.41. The van der Waals surface area contributed by atoms with Gasteiger partial charge in [0.2, 0.25) is 5.91 Å². The molecule has 4 aromatic rings. The number of aryl methyl sites for hydroxylation is 1. The molecule has 0 aliphatic heterocycles. The fraction of sp³-hybridized carbons (Fsp3) is 0.240. The maximum atomic E-state index is 12.8. The summed E-state index contributed by atoms with van der Waals surface area (Å²) in [6.07, 6.45) is 1.96. The predicted octanol–water partition coefficient (Wildman–Crippen LogP) is 5.24. The lowest BCUT2D eigenvalue weighted by Crippen LogP contribution is -2.33. The molecule has 4 rings (SSSR count). The number of benzene rings is 2. The van der Waals surface area contributed by atoms with Crippen LogP contribution >= 0.6 is 11.8 Å². The molecule has 0 atom stereocenters. The second kappa shape index (κ2) is 9.44. The third-order valence-corrected chi connectivity index (χ3v) is 6.16. The van der Waals surface area contributed by atoms with E-state index < -0.39 is 0 Å². The summed E-state index contributed by atoms with van der Waals surface area (Å²) < 4.78 is 2.04. The zero-order valence-corrected chi connectivity index (χ0v) is 19.4. The standard InChI is InChI=1S/C25H27N5OS/c1-5-29(15-17(2)3)23(31)16-32-25-28-27-24(30(25)19-10-8-9-18(4)13-19)21-14-26-22-12-7-6-11-20(21)22/h6-14,26H,2,5,15-16H2,1,3-4H3. The molecule has 2 heterocycles. The fourth-order valence-electron chi connectivity index (χ4n) is 3.71. The van der Waals surface area contributed by atoms with Gasteiger partial charge in [0.1, 0.15) is 0 Å². The Morgan fingerprint density at radius 2 is 2.00 bits per heavy atom. The first kappa shape index (κ1) is 21.9. The van der Waals surface area contributed by atoms with Crippen LogP contribution in [0.25, 0.3) is 28.0 Å². The van der Waals surface area contributed by atoms with Gasteiger partial charge in [0.05, 0.1) is 5.75 Å². The maximum absolute atomic E-state index is 12.8. The van der Waals surface area contributed by atoms with E-state index in [-0.39, 0.29) is 5.91 Å². The molecule has 0 fully saturated rings. The SMILES string of the molecule is C=C(C)CN(CC)C(=O)CSc1nnc(-c2c[nH]c3ccccc23)n1-c1cccc(C)c1. The summed E-state index contributed by atoms with van der Waals surface area (Å²) in [4.78, 5) is 17.9. The number of hydrogen-bond donors (Lipinski definition) is 1. The van der Waals surface area contributed by atoms with E-state index in [0.717, 1.165) is 39.1 Å². The monoisotopic (exact) mass is 445 g/mol. The van der Waals surface area contributed by atoms with E-state index in [1.165, 1.54) is 11.8 Å². The lowest BCUT2D eigenvalue weighted by Gasteiger charge is -2.20. The van der Waals surface area contributed by atoms with Crippen LogP contribution in [0.3, 0.4) is 0 Å². The van der Waals surface area contributed by atoms with Crippen LogP contribution in [0.1, 0.15) is 19.4 Å². The number of rotatable bonds is 8. The topological polar surface area (TPSA) is 66.8 Å². The maximum Gasteiger partial charge on any atom is 0.233 e. The molecule has 1 amide bonds. The van der Waals surface area contributed by atoms with Crippen LogP contribution in [0.5, 0.6) is 0 Å². The molecule has 164 valence electrons. The molecule has 0 bridgehead atoms. The lowest BCUT2D eigenvalue weighted by atomic mass is 10.1. The van der Waals surface area contributed by atoms with Gasteiger partial charge < -0.3 is 9.88 Å². The molecule has 2 aromatic heterocycles.